The molecule has 0 fully saturated rings. The Morgan fingerprint density at radius 1 is 1.29 bits per heavy atom. The van der Waals surface area contributed by atoms with Gasteiger partial charge in [-0.1, -0.05) is 25.4 Å². The minimum atomic E-state index is -0.669. The number of aliphatic hydroxyl groups excluding tert-OH is 2. The molecule has 1 aromatic carbocycles. The summed E-state index contributed by atoms with van der Waals surface area (Å²) in [5.74, 6) is -0.297. The first-order valence-corrected chi connectivity index (χ1v) is 5.98. The third-order valence-electron chi connectivity index (χ3n) is 3.40. The Morgan fingerprint density at radius 2 is 1.88 bits per heavy atom. The van der Waals surface area contributed by atoms with E-state index in [1.54, 1.807) is 0 Å². The van der Waals surface area contributed by atoms with E-state index in [9.17, 15) is 14.6 Å². The highest BCUT2D eigenvalue weighted by atomic mass is 35.5. The van der Waals surface area contributed by atoms with Gasteiger partial charge < -0.3 is 10.2 Å². The van der Waals surface area contributed by atoms with E-state index < -0.39 is 5.41 Å². The van der Waals surface area contributed by atoms with Crippen molar-refractivity contribution in [2.24, 2.45) is 11.3 Å². The maximum absolute atomic E-state index is 13.1. The number of halogens is 2. The molecule has 4 heteroatoms. The Balaban J connectivity index is 3.05. The second-order valence-corrected chi connectivity index (χ2v) is 5.15. The first-order chi connectivity index (χ1) is 7.95. The maximum atomic E-state index is 13.1. The summed E-state index contributed by atoms with van der Waals surface area (Å²) in [6, 6.07) is 4.14. The molecule has 0 atom stereocenters. The van der Waals surface area contributed by atoms with E-state index in [4.69, 9.17) is 11.6 Å². The lowest BCUT2D eigenvalue weighted by molar-refractivity contribution is 0.0163. The minimum Gasteiger partial charge on any atom is -0.396 e. The fraction of sp³-hybridized carbons (Fsp3) is 0.538. The predicted octanol–water partition coefficient (Wildman–Crippen LogP) is 2.65. The zero-order valence-electron chi connectivity index (χ0n) is 10.1. The summed E-state index contributed by atoms with van der Waals surface area (Å²) >= 11 is 5.99. The quantitative estimate of drug-likeness (QED) is 0.855. The molecule has 0 aliphatic heterocycles. The van der Waals surface area contributed by atoms with Crippen LogP contribution in [0.4, 0.5) is 4.39 Å². The van der Waals surface area contributed by atoms with Crippen molar-refractivity contribution < 1.29 is 14.6 Å². The van der Waals surface area contributed by atoms with Gasteiger partial charge in [-0.05, 0) is 36.1 Å². The van der Waals surface area contributed by atoms with Gasteiger partial charge in [-0.25, -0.2) is 4.39 Å². The van der Waals surface area contributed by atoms with Crippen LogP contribution in [0.25, 0.3) is 0 Å². The number of hydrogen-bond acceptors (Lipinski definition) is 2. The highest BCUT2D eigenvalue weighted by Gasteiger charge is 2.33. The van der Waals surface area contributed by atoms with Gasteiger partial charge in [0.15, 0.2) is 0 Å². The zero-order valence-corrected chi connectivity index (χ0v) is 10.8. The first-order valence-electron chi connectivity index (χ1n) is 5.61. The van der Waals surface area contributed by atoms with E-state index in [1.807, 2.05) is 13.8 Å². The van der Waals surface area contributed by atoms with Crippen LogP contribution in [-0.4, -0.2) is 23.4 Å². The monoisotopic (exact) mass is 260 g/mol. The summed E-state index contributed by atoms with van der Waals surface area (Å²) in [7, 11) is 0. The molecule has 0 spiro atoms. The Kier molecular flexibility index (Phi) is 4.92. The third-order valence-corrected chi connectivity index (χ3v) is 3.77. The first kappa shape index (κ1) is 14.4. The summed E-state index contributed by atoms with van der Waals surface area (Å²) in [6.45, 7) is 3.52. The van der Waals surface area contributed by atoms with Crippen molar-refractivity contribution in [1.82, 2.24) is 0 Å². The molecule has 0 heterocycles. The highest BCUT2D eigenvalue weighted by molar-refractivity contribution is 6.31. The molecule has 0 saturated heterocycles. The molecule has 96 valence electrons. The predicted molar refractivity (Wildman–Crippen MR) is 66.6 cm³/mol. The molecule has 0 amide bonds. The van der Waals surface area contributed by atoms with Gasteiger partial charge in [0.1, 0.15) is 5.82 Å². The Morgan fingerprint density at radius 3 is 2.35 bits per heavy atom. The lowest BCUT2D eigenvalue weighted by Gasteiger charge is -2.34. The van der Waals surface area contributed by atoms with Crippen molar-refractivity contribution in [3.8, 4) is 0 Å². The van der Waals surface area contributed by atoms with Crippen LogP contribution in [0, 0.1) is 17.2 Å². The summed E-state index contributed by atoms with van der Waals surface area (Å²) in [5.41, 5.74) is -0.0549. The molecule has 0 aliphatic carbocycles. The topological polar surface area (TPSA) is 40.5 Å². The van der Waals surface area contributed by atoms with Crippen molar-refractivity contribution >= 4 is 11.6 Å². The maximum Gasteiger partial charge on any atom is 0.123 e. The zero-order chi connectivity index (χ0) is 13.1. The fourth-order valence-electron chi connectivity index (χ4n) is 1.79. The van der Waals surface area contributed by atoms with E-state index in [-0.39, 0.29) is 24.9 Å². The van der Waals surface area contributed by atoms with Crippen molar-refractivity contribution in [1.29, 1.82) is 0 Å². The number of benzene rings is 1. The molecule has 0 aliphatic rings. The van der Waals surface area contributed by atoms with Crippen molar-refractivity contribution in [2.75, 3.05) is 13.2 Å². The lowest BCUT2D eigenvalue weighted by atomic mass is 9.74. The number of rotatable bonds is 5. The van der Waals surface area contributed by atoms with Crippen molar-refractivity contribution in [3.63, 3.8) is 0 Å². The summed E-state index contributed by atoms with van der Waals surface area (Å²) in [4.78, 5) is 0. The second kappa shape index (κ2) is 5.80. The standard InChI is InChI=1S/C13H18ClFO2/c1-9(2)13(7-16,8-17)6-10-5-11(15)3-4-12(10)14/h3-5,9,16-17H,6-8H2,1-2H3. The molecule has 0 aromatic heterocycles. The summed E-state index contributed by atoms with van der Waals surface area (Å²) in [5, 5.41) is 19.4. The van der Waals surface area contributed by atoms with E-state index in [0.29, 0.717) is 17.0 Å². The van der Waals surface area contributed by atoms with Gasteiger partial charge in [0, 0.05) is 10.4 Å². The highest BCUT2D eigenvalue weighted by Crippen LogP contribution is 2.33. The lowest BCUT2D eigenvalue weighted by Crippen LogP contribution is -2.37. The SMILES string of the molecule is CC(C)C(CO)(CO)Cc1cc(F)ccc1Cl. The molecule has 0 saturated carbocycles. The Labute approximate surface area is 106 Å². The van der Waals surface area contributed by atoms with Crippen molar-refractivity contribution in [3.05, 3.63) is 34.6 Å². The minimum absolute atomic E-state index is 0.0665. The Bertz CT molecular complexity index is 376. The van der Waals surface area contributed by atoms with Gasteiger partial charge in [-0.15, -0.1) is 0 Å². The third kappa shape index (κ3) is 3.18. The van der Waals surface area contributed by atoms with E-state index in [0.717, 1.165) is 0 Å². The van der Waals surface area contributed by atoms with Crippen LogP contribution in [0.3, 0.4) is 0 Å². The summed E-state index contributed by atoms with van der Waals surface area (Å²) in [6.07, 6.45) is 0.355. The van der Waals surface area contributed by atoms with E-state index in [2.05, 4.69) is 0 Å². The van der Waals surface area contributed by atoms with Gasteiger partial charge in [0.2, 0.25) is 0 Å². The number of aliphatic hydroxyl groups is 2. The molecule has 0 bridgehead atoms. The van der Waals surface area contributed by atoms with E-state index in [1.165, 1.54) is 18.2 Å². The van der Waals surface area contributed by atoms with E-state index >= 15 is 0 Å². The number of hydrogen-bond donors (Lipinski definition) is 2. The van der Waals surface area contributed by atoms with Crippen LogP contribution in [0.2, 0.25) is 5.02 Å². The molecule has 2 N–H and O–H groups in total. The van der Waals surface area contributed by atoms with Crippen LogP contribution >= 0.6 is 11.6 Å². The largest absolute Gasteiger partial charge is 0.396 e. The van der Waals surface area contributed by atoms with Gasteiger partial charge in [-0.2, -0.15) is 0 Å². The van der Waals surface area contributed by atoms with Crippen LogP contribution in [0.5, 0.6) is 0 Å². The van der Waals surface area contributed by atoms with Gasteiger partial charge in [0.25, 0.3) is 0 Å². The van der Waals surface area contributed by atoms with Gasteiger partial charge in [-0.3, -0.25) is 0 Å². The average Bonchev–Trinajstić information content (AvgIpc) is 2.30. The van der Waals surface area contributed by atoms with Gasteiger partial charge in [0.05, 0.1) is 13.2 Å². The molecule has 2 nitrogen and oxygen atoms in total. The molecular weight excluding hydrogens is 243 g/mol. The van der Waals surface area contributed by atoms with Crippen LogP contribution < -0.4 is 0 Å². The molecule has 0 radical (unpaired) electrons. The molecule has 1 rings (SSSR count). The molecule has 0 unspecified atom stereocenters. The van der Waals surface area contributed by atoms with Gasteiger partial charge >= 0.3 is 0 Å². The fourth-order valence-corrected chi connectivity index (χ4v) is 1.97. The Hall–Kier alpha value is -0.640. The van der Waals surface area contributed by atoms with Crippen molar-refractivity contribution in [2.45, 2.75) is 20.3 Å². The summed E-state index contributed by atoms with van der Waals surface area (Å²) < 4.78 is 13.1. The smallest absolute Gasteiger partial charge is 0.123 e. The molecular formula is C13H18ClFO2. The molecule has 17 heavy (non-hydrogen) atoms. The molecule has 1 aromatic rings. The van der Waals surface area contributed by atoms with Crippen LogP contribution in [-0.2, 0) is 6.42 Å². The van der Waals surface area contributed by atoms with Crippen LogP contribution in [0.1, 0.15) is 19.4 Å². The average molecular weight is 261 g/mol. The van der Waals surface area contributed by atoms with Crippen LogP contribution in [0.15, 0.2) is 18.2 Å². The normalized spacial score (nSPS) is 12.2. The second-order valence-electron chi connectivity index (χ2n) is 4.75.